The smallest absolute Gasteiger partial charge is 0.318 e. The molecule has 2 aromatic carbocycles. The molecule has 0 aliphatic carbocycles. The van der Waals surface area contributed by atoms with Crippen LogP contribution in [-0.4, -0.2) is 45.0 Å². The van der Waals surface area contributed by atoms with Gasteiger partial charge in [0, 0.05) is 22.8 Å². The first-order chi connectivity index (χ1) is 15.2. The lowest BCUT2D eigenvalue weighted by atomic mass is 9.98. The summed E-state index contributed by atoms with van der Waals surface area (Å²) in [6.45, 7) is 6.52. The predicted octanol–water partition coefficient (Wildman–Crippen LogP) is 5.17. The average molecular weight is 432 g/mol. The molecule has 0 unspecified atom stereocenters. The van der Waals surface area contributed by atoms with Crippen molar-refractivity contribution in [1.29, 1.82) is 0 Å². The summed E-state index contributed by atoms with van der Waals surface area (Å²) in [5, 5.41) is 19.8. The molecule has 164 valence electrons. The minimum Gasteiger partial charge on any atom is -0.480 e. The maximum Gasteiger partial charge on any atom is 0.318 e. The fourth-order valence-corrected chi connectivity index (χ4v) is 3.64. The summed E-state index contributed by atoms with van der Waals surface area (Å²) in [5.41, 5.74) is 3.12. The summed E-state index contributed by atoms with van der Waals surface area (Å²) in [4.78, 5) is 42.3. The molecule has 1 aliphatic heterocycles. The van der Waals surface area contributed by atoms with Crippen LogP contribution in [-0.2, 0) is 9.59 Å². The first kappa shape index (κ1) is 22.7. The van der Waals surface area contributed by atoms with Gasteiger partial charge in [0.2, 0.25) is 0 Å². The highest BCUT2D eigenvalue weighted by molar-refractivity contribution is 6.21. The van der Waals surface area contributed by atoms with Crippen LogP contribution in [0.1, 0.15) is 27.7 Å². The van der Waals surface area contributed by atoms with Crippen molar-refractivity contribution < 1.29 is 19.8 Å². The van der Waals surface area contributed by atoms with Crippen LogP contribution in [0.2, 0.25) is 0 Å². The molecule has 1 aliphatic rings. The third kappa shape index (κ3) is 4.85. The molecule has 3 rings (SSSR count). The van der Waals surface area contributed by atoms with E-state index in [1.54, 1.807) is 76.2 Å². The molecule has 0 amide bonds. The van der Waals surface area contributed by atoms with Crippen molar-refractivity contribution in [2.75, 3.05) is 0 Å². The van der Waals surface area contributed by atoms with Crippen molar-refractivity contribution in [3.8, 4) is 0 Å². The first-order valence-electron chi connectivity index (χ1n) is 10.0. The van der Waals surface area contributed by atoms with Crippen molar-refractivity contribution in [2.24, 2.45) is 31.8 Å². The average Bonchev–Trinajstić information content (AvgIpc) is 2.70. The molecule has 2 aromatic rings. The first-order valence-corrected chi connectivity index (χ1v) is 10.0. The maximum absolute atomic E-state index is 12.1. The second kappa shape index (κ2) is 9.47. The van der Waals surface area contributed by atoms with Gasteiger partial charge < -0.3 is 10.2 Å². The van der Waals surface area contributed by atoms with E-state index in [0.29, 0.717) is 45.6 Å². The zero-order valence-corrected chi connectivity index (χ0v) is 18.3. The molecule has 0 fully saturated rings. The van der Waals surface area contributed by atoms with Crippen LogP contribution in [0.3, 0.4) is 0 Å². The van der Waals surface area contributed by atoms with Crippen LogP contribution in [0.5, 0.6) is 0 Å². The minimum atomic E-state index is -1.07. The number of carbonyl (C=O) groups is 2. The summed E-state index contributed by atoms with van der Waals surface area (Å²) in [6.07, 6.45) is 0. The summed E-state index contributed by atoms with van der Waals surface area (Å²) < 4.78 is 0. The molecule has 0 aromatic heterocycles. The van der Waals surface area contributed by atoms with Gasteiger partial charge in [0.1, 0.15) is 11.8 Å². The number of para-hydroxylation sites is 4. The SMILES string of the molecule is CC1=Nc2ccccc2N=C(C)C(C(=O)O)C(C)=Nc2ccccc2N=C(C)C1C(=O)O. The number of benzene rings is 2. The standard InChI is InChI=1S/C24H24N4O4/c1-13-21(23(29)30)14(2)26-19-11-7-8-12-20(19)28-16(4)22(24(31)32)15(3)27-18-10-6-5-9-17(18)25-13/h5-12,21-22H,1-4H3,(H,29,30)(H,31,32). The number of rotatable bonds is 2. The molecular formula is C24H24N4O4. The van der Waals surface area contributed by atoms with Gasteiger partial charge in [-0.15, -0.1) is 0 Å². The number of aliphatic carboxylic acids is 2. The van der Waals surface area contributed by atoms with Crippen LogP contribution < -0.4 is 0 Å². The number of nitrogens with zero attached hydrogens (tertiary/aromatic N) is 4. The minimum absolute atomic E-state index is 0.336. The Labute approximate surface area is 185 Å². The van der Waals surface area contributed by atoms with Crippen LogP contribution in [0.15, 0.2) is 68.5 Å². The Bertz CT molecular complexity index is 1020. The van der Waals surface area contributed by atoms with Gasteiger partial charge in [-0.05, 0) is 52.0 Å². The van der Waals surface area contributed by atoms with E-state index in [2.05, 4.69) is 20.0 Å². The van der Waals surface area contributed by atoms with Gasteiger partial charge in [-0.1, -0.05) is 24.3 Å². The summed E-state index contributed by atoms with van der Waals surface area (Å²) >= 11 is 0. The molecule has 32 heavy (non-hydrogen) atoms. The van der Waals surface area contributed by atoms with Crippen molar-refractivity contribution in [3.05, 3.63) is 48.5 Å². The number of hydrogen-bond donors (Lipinski definition) is 2. The molecule has 0 spiro atoms. The molecular weight excluding hydrogens is 408 g/mol. The van der Waals surface area contributed by atoms with Crippen molar-refractivity contribution in [3.63, 3.8) is 0 Å². The second-order valence-corrected chi connectivity index (χ2v) is 7.53. The third-order valence-corrected chi connectivity index (χ3v) is 5.12. The van der Waals surface area contributed by atoms with Crippen molar-refractivity contribution in [1.82, 2.24) is 0 Å². The van der Waals surface area contributed by atoms with E-state index in [1.807, 2.05) is 0 Å². The Morgan fingerprint density at radius 1 is 0.562 bits per heavy atom. The number of carboxylic acid groups (broad SMARTS) is 2. The van der Waals surface area contributed by atoms with Crippen molar-refractivity contribution in [2.45, 2.75) is 27.7 Å². The van der Waals surface area contributed by atoms with E-state index in [1.165, 1.54) is 0 Å². The topological polar surface area (TPSA) is 124 Å². The quantitative estimate of drug-likeness (QED) is 0.679. The number of fused-ring (bicyclic) bond motifs is 2. The largest absolute Gasteiger partial charge is 0.480 e. The van der Waals surface area contributed by atoms with E-state index in [-0.39, 0.29) is 0 Å². The lowest BCUT2D eigenvalue weighted by Gasteiger charge is -2.16. The Morgan fingerprint density at radius 3 is 0.969 bits per heavy atom. The van der Waals surface area contributed by atoms with Gasteiger partial charge in [0.25, 0.3) is 0 Å². The maximum atomic E-state index is 12.1. The summed E-state index contributed by atoms with van der Waals surface area (Å²) in [6, 6.07) is 13.9. The lowest BCUT2D eigenvalue weighted by Crippen LogP contribution is -2.29. The normalized spacial score (nSPS) is 19.2. The van der Waals surface area contributed by atoms with Gasteiger partial charge >= 0.3 is 11.9 Å². The van der Waals surface area contributed by atoms with Crippen LogP contribution >= 0.6 is 0 Å². The van der Waals surface area contributed by atoms with Gasteiger partial charge in [-0.3, -0.25) is 29.6 Å². The lowest BCUT2D eigenvalue weighted by molar-refractivity contribution is -0.138. The highest BCUT2D eigenvalue weighted by atomic mass is 16.4. The molecule has 0 saturated heterocycles. The Kier molecular flexibility index (Phi) is 6.73. The van der Waals surface area contributed by atoms with Gasteiger partial charge in [0.05, 0.1) is 22.7 Å². The monoisotopic (exact) mass is 432 g/mol. The predicted molar refractivity (Wildman–Crippen MR) is 126 cm³/mol. The number of aliphatic imine (C=N–C) groups is 4. The highest BCUT2D eigenvalue weighted by Crippen LogP contribution is 2.32. The molecule has 0 bridgehead atoms. The van der Waals surface area contributed by atoms with E-state index in [4.69, 9.17) is 0 Å². The molecule has 1 heterocycles. The van der Waals surface area contributed by atoms with E-state index >= 15 is 0 Å². The molecule has 0 atom stereocenters. The summed E-state index contributed by atoms with van der Waals surface area (Å²) in [5.74, 6) is -4.22. The van der Waals surface area contributed by atoms with Gasteiger partial charge in [-0.25, -0.2) is 0 Å². The molecule has 0 radical (unpaired) electrons. The Balaban J connectivity index is 2.35. The van der Waals surface area contributed by atoms with E-state index in [0.717, 1.165) is 0 Å². The zero-order valence-electron chi connectivity index (χ0n) is 18.3. The summed E-state index contributed by atoms with van der Waals surface area (Å²) in [7, 11) is 0. The van der Waals surface area contributed by atoms with Crippen LogP contribution in [0.25, 0.3) is 0 Å². The molecule has 8 nitrogen and oxygen atoms in total. The van der Waals surface area contributed by atoms with Gasteiger partial charge in [0.15, 0.2) is 0 Å². The number of carboxylic acids is 2. The second-order valence-electron chi connectivity index (χ2n) is 7.53. The Morgan fingerprint density at radius 2 is 0.781 bits per heavy atom. The zero-order chi connectivity index (χ0) is 23.4. The number of hydrogen-bond acceptors (Lipinski definition) is 6. The molecule has 0 saturated carbocycles. The molecule has 2 N–H and O–H groups in total. The van der Waals surface area contributed by atoms with Crippen molar-refractivity contribution >= 4 is 57.5 Å². The third-order valence-electron chi connectivity index (χ3n) is 5.12. The van der Waals surface area contributed by atoms with E-state index in [9.17, 15) is 19.8 Å². The van der Waals surface area contributed by atoms with Crippen LogP contribution in [0.4, 0.5) is 22.7 Å². The molecule has 8 heteroatoms. The fourth-order valence-electron chi connectivity index (χ4n) is 3.64. The fraction of sp³-hybridized carbons (Fsp3) is 0.250. The van der Waals surface area contributed by atoms with E-state index < -0.39 is 23.8 Å². The van der Waals surface area contributed by atoms with Gasteiger partial charge in [-0.2, -0.15) is 0 Å². The highest BCUT2D eigenvalue weighted by Gasteiger charge is 2.27. The Hall–Kier alpha value is -3.94. The van der Waals surface area contributed by atoms with Crippen LogP contribution in [0, 0.1) is 11.8 Å².